The molecule has 1 N–H and O–H groups in total. The molecule has 0 saturated carbocycles. The van der Waals surface area contributed by atoms with E-state index in [1.165, 1.54) is 22.3 Å². The highest BCUT2D eigenvalue weighted by Crippen LogP contribution is 2.16. The highest BCUT2D eigenvalue weighted by Gasteiger charge is 2.09. The maximum absolute atomic E-state index is 13.4. The Morgan fingerprint density at radius 1 is 1.45 bits per heavy atom. The molecular weight excluding hydrogens is 305 g/mol. The predicted molar refractivity (Wildman–Crippen MR) is 81.3 cm³/mol. The largest absolute Gasteiger partial charge is 0.325 e. The maximum Gasteiger partial charge on any atom is 0.253 e. The third-order valence-electron chi connectivity index (χ3n) is 2.89. The first-order valence-corrected chi connectivity index (χ1v) is 7.46. The predicted octanol–water partition coefficient (Wildman–Crippen LogP) is 2.30. The van der Waals surface area contributed by atoms with Gasteiger partial charge in [0.05, 0.1) is 5.75 Å². The van der Waals surface area contributed by atoms with Gasteiger partial charge in [0.1, 0.15) is 5.82 Å². The zero-order valence-electron chi connectivity index (χ0n) is 11.7. The van der Waals surface area contributed by atoms with Crippen LogP contribution in [0.2, 0.25) is 0 Å². The van der Waals surface area contributed by atoms with Crippen molar-refractivity contribution in [2.75, 3.05) is 11.1 Å². The lowest BCUT2D eigenvalue weighted by Crippen LogP contribution is -2.14. The minimum Gasteiger partial charge on any atom is -0.325 e. The van der Waals surface area contributed by atoms with Crippen molar-refractivity contribution in [3.05, 3.63) is 48.0 Å². The van der Waals surface area contributed by atoms with E-state index in [2.05, 4.69) is 20.4 Å². The smallest absolute Gasteiger partial charge is 0.253 e. The fourth-order valence-corrected chi connectivity index (χ4v) is 2.40. The van der Waals surface area contributed by atoms with E-state index < -0.39 is 0 Å². The fourth-order valence-electron chi connectivity index (χ4n) is 1.77. The van der Waals surface area contributed by atoms with Crippen LogP contribution in [0.25, 0.3) is 5.78 Å². The molecule has 0 spiro atoms. The number of halogens is 1. The Morgan fingerprint density at radius 2 is 2.32 bits per heavy atom. The van der Waals surface area contributed by atoms with Crippen molar-refractivity contribution in [1.82, 2.24) is 19.6 Å². The van der Waals surface area contributed by atoms with Crippen molar-refractivity contribution >= 4 is 29.1 Å². The number of fused-ring (bicyclic) bond motifs is 1. The van der Waals surface area contributed by atoms with Crippen LogP contribution in [0, 0.1) is 12.7 Å². The van der Waals surface area contributed by atoms with Gasteiger partial charge in [-0.05, 0) is 30.7 Å². The third kappa shape index (κ3) is 3.22. The number of hydrogen-bond donors (Lipinski definition) is 1. The third-order valence-corrected chi connectivity index (χ3v) is 3.72. The lowest BCUT2D eigenvalue weighted by Gasteiger charge is -2.05. The SMILES string of the molecule is Cc1ccc(NC(=O)CSc2nc3ncccn3n2)cc1F. The number of anilines is 1. The zero-order valence-corrected chi connectivity index (χ0v) is 12.5. The summed E-state index contributed by atoms with van der Waals surface area (Å²) < 4.78 is 14.9. The minimum absolute atomic E-state index is 0.131. The molecule has 0 unspecified atom stereocenters. The van der Waals surface area contributed by atoms with Crippen LogP contribution in [-0.2, 0) is 4.79 Å². The van der Waals surface area contributed by atoms with Crippen molar-refractivity contribution < 1.29 is 9.18 Å². The van der Waals surface area contributed by atoms with Crippen LogP contribution in [0.4, 0.5) is 10.1 Å². The number of amides is 1. The second-order valence-corrected chi connectivity index (χ2v) is 5.50. The van der Waals surface area contributed by atoms with Gasteiger partial charge >= 0.3 is 0 Å². The Bertz CT molecular complexity index is 802. The second kappa shape index (κ2) is 6.10. The average molecular weight is 317 g/mol. The Hall–Kier alpha value is -2.48. The number of nitrogens with one attached hydrogen (secondary N) is 1. The molecule has 1 aromatic carbocycles. The molecule has 6 nitrogen and oxygen atoms in total. The van der Waals surface area contributed by atoms with Crippen LogP contribution >= 0.6 is 11.8 Å². The number of benzene rings is 1. The molecule has 0 saturated heterocycles. The zero-order chi connectivity index (χ0) is 15.5. The van der Waals surface area contributed by atoms with E-state index in [-0.39, 0.29) is 17.5 Å². The van der Waals surface area contributed by atoms with Gasteiger partial charge in [-0.2, -0.15) is 4.98 Å². The quantitative estimate of drug-likeness (QED) is 0.748. The number of carbonyl (C=O) groups is 1. The standard InChI is InChI=1S/C14H12FN5OS/c1-9-3-4-10(7-11(9)15)17-12(21)8-22-14-18-13-16-5-2-6-20(13)19-14/h2-7H,8H2,1H3,(H,17,21). The van der Waals surface area contributed by atoms with Gasteiger partial charge in [0, 0.05) is 18.1 Å². The molecule has 8 heteroatoms. The van der Waals surface area contributed by atoms with Crippen molar-refractivity contribution in [3.8, 4) is 0 Å². The van der Waals surface area contributed by atoms with E-state index in [1.54, 1.807) is 37.5 Å². The van der Waals surface area contributed by atoms with Gasteiger partial charge in [0.25, 0.3) is 5.78 Å². The molecular formula is C14H12FN5OS. The second-order valence-electron chi connectivity index (χ2n) is 4.56. The van der Waals surface area contributed by atoms with Crippen molar-refractivity contribution in [3.63, 3.8) is 0 Å². The van der Waals surface area contributed by atoms with E-state index >= 15 is 0 Å². The lowest BCUT2D eigenvalue weighted by molar-refractivity contribution is -0.113. The molecule has 3 rings (SSSR count). The Labute approximate surface area is 129 Å². The van der Waals surface area contributed by atoms with Crippen LogP contribution in [-0.4, -0.2) is 31.2 Å². The topological polar surface area (TPSA) is 72.2 Å². The number of rotatable bonds is 4. The van der Waals surface area contributed by atoms with Gasteiger partial charge in [0.15, 0.2) is 0 Å². The van der Waals surface area contributed by atoms with Gasteiger partial charge in [-0.3, -0.25) is 4.79 Å². The summed E-state index contributed by atoms with van der Waals surface area (Å²) in [5, 5.41) is 7.28. The minimum atomic E-state index is -0.349. The molecule has 0 radical (unpaired) electrons. The lowest BCUT2D eigenvalue weighted by atomic mass is 10.2. The number of thioether (sulfide) groups is 1. The Morgan fingerprint density at radius 3 is 3.09 bits per heavy atom. The van der Waals surface area contributed by atoms with Gasteiger partial charge < -0.3 is 5.32 Å². The number of nitrogens with zero attached hydrogens (tertiary/aromatic N) is 4. The van der Waals surface area contributed by atoms with E-state index in [4.69, 9.17) is 0 Å². The van der Waals surface area contributed by atoms with Crippen molar-refractivity contribution in [2.45, 2.75) is 12.1 Å². The highest BCUT2D eigenvalue weighted by molar-refractivity contribution is 7.99. The first-order valence-electron chi connectivity index (χ1n) is 6.48. The molecule has 2 aromatic heterocycles. The van der Waals surface area contributed by atoms with E-state index in [0.29, 0.717) is 22.2 Å². The summed E-state index contributed by atoms with van der Waals surface area (Å²) >= 11 is 1.19. The number of carbonyl (C=O) groups excluding carboxylic acids is 1. The van der Waals surface area contributed by atoms with Crippen LogP contribution in [0.3, 0.4) is 0 Å². The monoisotopic (exact) mass is 317 g/mol. The molecule has 1 amide bonds. The highest BCUT2D eigenvalue weighted by atomic mass is 32.2. The summed E-state index contributed by atoms with van der Waals surface area (Å²) in [5.41, 5.74) is 0.965. The van der Waals surface area contributed by atoms with Crippen LogP contribution in [0.15, 0.2) is 41.8 Å². The van der Waals surface area contributed by atoms with Crippen LogP contribution in [0.1, 0.15) is 5.56 Å². The first kappa shape index (κ1) is 14.5. The molecule has 0 aliphatic carbocycles. The first-order chi connectivity index (χ1) is 10.6. The average Bonchev–Trinajstić information content (AvgIpc) is 2.92. The molecule has 112 valence electrons. The van der Waals surface area contributed by atoms with Crippen molar-refractivity contribution in [2.24, 2.45) is 0 Å². The molecule has 22 heavy (non-hydrogen) atoms. The maximum atomic E-state index is 13.4. The van der Waals surface area contributed by atoms with Crippen LogP contribution in [0.5, 0.6) is 0 Å². The summed E-state index contributed by atoms with van der Waals surface area (Å²) in [7, 11) is 0. The summed E-state index contributed by atoms with van der Waals surface area (Å²) in [5.74, 6) is 0.0106. The van der Waals surface area contributed by atoms with Gasteiger partial charge in [-0.25, -0.2) is 13.9 Å². The number of hydrogen-bond acceptors (Lipinski definition) is 5. The summed E-state index contributed by atoms with van der Waals surface area (Å²) in [4.78, 5) is 20.1. The van der Waals surface area contributed by atoms with Gasteiger partial charge in [-0.15, -0.1) is 5.10 Å². The van der Waals surface area contributed by atoms with Gasteiger partial charge in [-0.1, -0.05) is 17.8 Å². The molecule has 0 bridgehead atoms. The molecule has 0 aliphatic heterocycles. The number of aromatic nitrogens is 4. The normalized spacial score (nSPS) is 10.8. The molecule has 2 heterocycles. The van der Waals surface area contributed by atoms with Gasteiger partial charge in [0.2, 0.25) is 11.1 Å². The molecule has 0 fully saturated rings. The van der Waals surface area contributed by atoms with E-state index in [1.807, 2.05) is 0 Å². The van der Waals surface area contributed by atoms with Crippen molar-refractivity contribution in [1.29, 1.82) is 0 Å². The fraction of sp³-hybridized carbons (Fsp3) is 0.143. The van der Waals surface area contributed by atoms with E-state index in [9.17, 15) is 9.18 Å². The van der Waals surface area contributed by atoms with E-state index in [0.717, 1.165) is 0 Å². The Balaban J connectivity index is 1.60. The summed E-state index contributed by atoms with van der Waals surface area (Å²) in [6, 6.07) is 6.32. The Kier molecular flexibility index (Phi) is 4.01. The molecule has 0 atom stereocenters. The summed E-state index contributed by atoms with van der Waals surface area (Å²) in [6.07, 6.45) is 3.35. The van der Waals surface area contributed by atoms with Crippen LogP contribution < -0.4 is 5.32 Å². The molecule has 3 aromatic rings. The summed E-state index contributed by atoms with van der Waals surface area (Å²) in [6.45, 7) is 1.67. The molecule has 0 aliphatic rings. The number of aryl methyl sites for hydroxylation is 1.